The fourth-order valence-corrected chi connectivity index (χ4v) is 2.64. The molecule has 3 heteroatoms. The van der Waals surface area contributed by atoms with Gasteiger partial charge in [-0.15, -0.1) is 0 Å². The second kappa shape index (κ2) is 6.33. The van der Waals surface area contributed by atoms with Crippen LogP contribution in [0.4, 0.5) is 8.78 Å². The average Bonchev–Trinajstić information content (AvgIpc) is 2.15. The maximum Gasteiger partial charge on any atom is 0.129 e. The van der Waals surface area contributed by atoms with Gasteiger partial charge in [-0.3, -0.25) is 0 Å². The predicted octanol–water partition coefficient (Wildman–Crippen LogP) is 4.71. The van der Waals surface area contributed by atoms with Gasteiger partial charge in [-0.2, -0.15) is 0 Å². The Bertz CT molecular complexity index is 337. The normalized spacial score (nSPS) is 13.1. The molecular formula is C13H17BrF2. The molecule has 0 amide bonds. The van der Waals surface area contributed by atoms with E-state index in [2.05, 4.69) is 29.8 Å². The van der Waals surface area contributed by atoms with Gasteiger partial charge in [0.05, 0.1) is 0 Å². The first-order valence-electron chi connectivity index (χ1n) is 5.57. The molecule has 16 heavy (non-hydrogen) atoms. The lowest BCUT2D eigenvalue weighted by atomic mass is 10.0. The molecule has 0 aliphatic carbocycles. The van der Waals surface area contributed by atoms with E-state index in [-0.39, 0.29) is 0 Å². The molecule has 1 aromatic carbocycles. The minimum atomic E-state index is -0.515. The van der Waals surface area contributed by atoms with Gasteiger partial charge in [0, 0.05) is 10.9 Å². The largest absolute Gasteiger partial charge is 0.207 e. The van der Waals surface area contributed by atoms with E-state index in [1.807, 2.05) is 0 Å². The minimum Gasteiger partial charge on any atom is -0.207 e. The third kappa shape index (κ3) is 4.60. The predicted molar refractivity (Wildman–Crippen MR) is 66.8 cm³/mol. The van der Waals surface area contributed by atoms with E-state index in [1.165, 1.54) is 12.1 Å². The maximum atomic E-state index is 13.3. The van der Waals surface area contributed by atoms with Crippen molar-refractivity contribution in [2.24, 2.45) is 5.92 Å². The number of benzene rings is 1. The number of rotatable bonds is 5. The van der Waals surface area contributed by atoms with Gasteiger partial charge in [-0.1, -0.05) is 35.8 Å². The van der Waals surface area contributed by atoms with Crippen molar-refractivity contribution < 1.29 is 8.78 Å². The lowest BCUT2D eigenvalue weighted by Gasteiger charge is -2.12. The summed E-state index contributed by atoms with van der Waals surface area (Å²) in [6.45, 7) is 4.32. The Morgan fingerprint density at radius 1 is 1.25 bits per heavy atom. The molecule has 0 aliphatic rings. The van der Waals surface area contributed by atoms with Crippen LogP contribution in [0.15, 0.2) is 18.2 Å². The van der Waals surface area contributed by atoms with Crippen molar-refractivity contribution in [2.45, 2.75) is 37.9 Å². The SMILES string of the molecule is CC(C)CC(Br)CCc1ccc(F)cc1F. The highest BCUT2D eigenvalue weighted by atomic mass is 79.9. The molecule has 0 nitrogen and oxygen atoms in total. The summed E-state index contributed by atoms with van der Waals surface area (Å²) in [5, 5.41) is 0. The summed E-state index contributed by atoms with van der Waals surface area (Å²) in [5.41, 5.74) is 0.592. The van der Waals surface area contributed by atoms with Gasteiger partial charge in [0.1, 0.15) is 11.6 Å². The zero-order valence-corrected chi connectivity index (χ0v) is 11.2. The first-order valence-corrected chi connectivity index (χ1v) is 6.48. The van der Waals surface area contributed by atoms with Crippen LogP contribution in [0.3, 0.4) is 0 Å². The first kappa shape index (κ1) is 13.6. The Labute approximate surface area is 104 Å². The molecule has 90 valence electrons. The second-order valence-electron chi connectivity index (χ2n) is 4.50. The van der Waals surface area contributed by atoms with Gasteiger partial charge in [-0.25, -0.2) is 8.78 Å². The fourth-order valence-electron chi connectivity index (χ4n) is 1.67. The van der Waals surface area contributed by atoms with E-state index in [9.17, 15) is 8.78 Å². The number of halogens is 3. The van der Waals surface area contributed by atoms with E-state index in [0.717, 1.165) is 18.9 Å². The van der Waals surface area contributed by atoms with Gasteiger partial charge < -0.3 is 0 Å². The maximum absolute atomic E-state index is 13.3. The van der Waals surface area contributed by atoms with Crippen LogP contribution in [0.5, 0.6) is 0 Å². The van der Waals surface area contributed by atoms with E-state index >= 15 is 0 Å². The molecule has 1 aromatic rings. The Morgan fingerprint density at radius 3 is 2.50 bits per heavy atom. The van der Waals surface area contributed by atoms with E-state index in [0.29, 0.717) is 22.7 Å². The first-order chi connectivity index (χ1) is 7.49. The molecule has 0 aliphatic heterocycles. The summed E-state index contributed by atoms with van der Waals surface area (Å²) in [4.78, 5) is 0.400. The van der Waals surface area contributed by atoms with Crippen molar-refractivity contribution in [1.29, 1.82) is 0 Å². The Morgan fingerprint density at radius 2 is 1.94 bits per heavy atom. The lowest BCUT2D eigenvalue weighted by molar-refractivity contribution is 0.541. The topological polar surface area (TPSA) is 0 Å². The summed E-state index contributed by atoms with van der Waals surface area (Å²) >= 11 is 3.58. The van der Waals surface area contributed by atoms with Crippen molar-refractivity contribution >= 4 is 15.9 Å². The highest BCUT2D eigenvalue weighted by Crippen LogP contribution is 2.20. The molecule has 0 saturated carbocycles. The van der Waals surface area contributed by atoms with Crippen LogP contribution in [-0.4, -0.2) is 4.83 Å². The number of hydrogen-bond acceptors (Lipinski definition) is 0. The summed E-state index contributed by atoms with van der Waals surface area (Å²) in [6.07, 6.45) is 2.60. The molecule has 0 bridgehead atoms. The highest BCUT2D eigenvalue weighted by molar-refractivity contribution is 9.09. The highest BCUT2D eigenvalue weighted by Gasteiger charge is 2.09. The van der Waals surface area contributed by atoms with Crippen LogP contribution >= 0.6 is 15.9 Å². The van der Waals surface area contributed by atoms with Gasteiger partial charge in [0.25, 0.3) is 0 Å². The number of aryl methyl sites for hydroxylation is 1. The molecule has 0 radical (unpaired) electrons. The van der Waals surface area contributed by atoms with Crippen LogP contribution in [-0.2, 0) is 6.42 Å². The second-order valence-corrected chi connectivity index (χ2v) is 5.80. The van der Waals surface area contributed by atoms with Gasteiger partial charge in [0.15, 0.2) is 0 Å². The van der Waals surface area contributed by atoms with Crippen LogP contribution in [0.1, 0.15) is 32.3 Å². The minimum absolute atomic E-state index is 0.400. The quantitative estimate of drug-likeness (QED) is 0.689. The van der Waals surface area contributed by atoms with Crippen molar-refractivity contribution in [2.75, 3.05) is 0 Å². The molecule has 1 unspecified atom stereocenters. The summed E-state index contributed by atoms with van der Waals surface area (Å²) < 4.78 is 26.0. The fraction of sp³-hybridized carbons (Fsp3) is 0.538. The van der Waals surface area contributed by atoms with Gasteiger partial charge in [0.2, 0.25) is 0 Å². The van der Waals surface area contributed by atoms with E-state index < -0.39 is 11.6 Å². The zero-order chi connectivity index (χ0) is 12.1. The molecule has 0 saturated heterocycles. The molecule has 1 atom stereocenters. The molecule has 0 aromatic heterocycles. The van der Waals surface area contributed by atoms with Crippen molar-refractivity contribution in [3.8, 4) is 0 Å². The Balaban J connectivity index is 2.48. The third-order valence-corrected chi connectivity index (χ3v) is 3.30. The molecule has 1 rings (SSSR count). The van der Waals surface area contributed by atoms with Gasteiger partial charge in [-0.05, 0) is 36.8 Å². The Kier molecular flexibility index (Phi) is 5.39. The van der Waals surface area contributed by atoms with Crippen molar-refractivity contribution in [3.63, 3.8) is 0 Å². The summed E-state index contributed by atoms with van der Waals surface area (Å²) in [7, 11) is 0. The Hall–Kier alpha value is -0.440. The third-order valence-electron chi connectivity index (χ3n) is 2.47. The van der Waals surface area contributed by atoms with Crippen LogP contribution in [0.2, 0.25) is 0 Å². The van der Waals surface area contributed by atoms with Crippen molar-refractivity contribution in [3.05, 3.63) is 35.4 Å². The molecule has 0 spiro atoms. The van der Waals surface area contributed by atoms with E-state index in [4.69, 9.17) is 0 Å². The zero-order valence-electron chi connectivity index (χ0n) is 9.64. The molecule has 0 heterocycles. The molecular weight excluding hydrogens is 274 g/mol. The van der Waals surface area contributed by atoms with Crippen molar-refractivity contribution in [1.82, 2.24) is 0 Å². The monoisotopic (exact) mass is 290 g/mol. The average molecular weight is 291 g/mol. The summed E-state index contributed by atoms with van der Waals surface area (Å²) in [5.74, 6) is -0.328. The molecule has 0 fully saturated rings. The number of hydrogen-bond donors (Lipinski definition) is 0. The van der Waals surface area contributed by atoms with Crippen LogP contribution in [0.25, 0.3) is 0 Å². The standard InChI is InChI=1S/C13H17BrF2/c1-9(2)7-11(14)5-3-10-4-6-12(15)8-13(10)16/h4,6,8-9,11H,3,5,7H2,1-2H3. The van der Waals surface area contributed by atoms with Crippen LogP contribution < -0.4 is 0 Å². The smallest absolute Gasteiger partial charge is 0.129 e. The molecule has 0 N–H and O–H groups in total. The van der Waals surface area contributed by atoms with Gasteiger partial charge >= 0.3 is 0 Å². The van der Waals surface area contributed by atoms with E-state index in [1.54, 1.807) is 0 Å². The van der Waals surface area contributed by atoms with Crippen LogP contribution in [0, 0.1) is 17.6 Å². The summed E-state index contributed by atoms with van der Waals surface area (Å²) in [6, 6.07) is 3.78. The number of alkyl halides is 1. The lowest BCUT2D eigenvalue weighted by Crippen LogP contribution is -2.05.